The molecule has 0 aromatic heterocycles. The van der Waals surface area contributed by atoms with Gasteiger partial charge in [0.2, 0.25) is 11.8 Å². The number of carbonyl (C=O) groups is 2. The smallest absolute Gasteiger partial charge is 0.264 e. The van der Waals surface area contributed by atoms with Crippen molar-refractivity contribution in [3.05, 3.63) is 95.0 Å². The highest BCUT2D eigenvalue weighted by atomic mass is 35.5. The third-order valence-corrected chi connectivity index (χ3v) is 9.63. The molecule has 41 heavy (non-hydrogen) atoms. The molecule has 1 aliphatic carbocycles. The standard InChI is InChI=1S/C32H38ClN3O4S/c1-3-25-17-19-29(20-18-25)36(41(39,40)30-15-8-5-9-16-30)23-31(37)35(22-26-11-10-12-27(33)21-26)24(2)32(38)34-28-13-6-4-7-14-28/h5,8-12,15-21,24,28H,3-4,6-7,13-14,22-23H2,1-2H3,(H,34,38). The second-order valence-corrected chi connectivity index (χ2v) is 12.8. The number of hydrogen-bond donors (Lipinski definition) is 1. The van der Waals surface area contributed by atoms with E-state index < -0.39 is 28.5 Å². The summed E-state index contributed by atoms with van der Waals surface area (Å²) in [6.07, 6.45) is 5.91. The molecule has 3 aromatic carbocycles. The summed E-state index contributed by atoms with van der Waals surface area (Å²) in [5, 5.41) is 3.63. The second kappa shape index (κ2) is 14.0. The van der Waals surface area contributed by atoms with Crippen molar-refractivity contribution in [1.82, 2.24) is 10.2 Å². The number of hydrogen-bond acceptors (Lipinski definition) is 4. The van der Waals surface area contributed by atoms with Crippen LogP contribution in [0, 0.1) is 0 Å². The number of anilines is 1. The normalized spacial score (nSPS) is 14.7. The van der Waals surface area contributed by atoms with Crippen molar-refractivity contribution in [2.24, 2.45) is 0 Å². The summed E-state index contributed by atoms with van der Waals surface area (Å²) in [5.41, 5.74) is 2.17. The van der Waals surface area contributed by atoms with Gasteiger partial charge in [-0.2, -0.15) is 0 Å². The van der Waals surface area contributed by atoms with E-state index in [1.165, 1.54) is 17.0 Å². The Morgan fingerprint density at radius 2 is 1.61 bits per heavy atom. The van der Waals surface area contributed by atoms with Gasteiger partial charge in [-0.25, -0.2) is 8.42 Å². The van der Waals surface area contributed by atoms with Gasteiger partial charge in [-0.15, -0.1) is 0 Å². The number of sulfonamides is 1. The van der Waals surface area contributed by atoms with Gasteiger partial charge in [0.1, 0.15) is 12.6 Å². The zero-order chi connectivity index (χ0) is 29.4. The highest BCUT2D eigenvalue weighted by Crippen LogP contribution is 2.26. The van der Waals surface area contributed by atoms with Crippen LogP contribution in [0.25, 0.3) is 0 Å². The van der Waals surface area contributed by atoms with Crippen LogP contribution in [0.5, 0.6) is 0 Å². The lowest BCUT2D eigenvalue weighted by Crippen LogP contribution is -2.53. The van der Waals surface area contributed by atoms with Crippen molar-refractivity contribution in [3.63, 3.8) is 0 Å². The monoisotopic (exact) mass is 595 g/mol. The van der Waals surface area contributed by atoms with Crippen LogP contribution in [-0.4, -0.2) is 43.8 Å². The lowest BCUT2D eigenvalue weighted by Gasteiger charge is -2.33. The number of halogens is 1. The Kier molecular flexibility index (Phi) is 10.5. The molecule has 0 radical (unpaired) electrons. The van der Waals surface area contributed by atoms with E-state index in [-0.39, 0.29) is 23.4 Å². The molecule has 1 saturated carbocycles. The van der Waals surface area contributed by atoms with Gasteiger partial charge in [-0.1, -0.05) is 80.3 Å². The number of rotatable bonds is 11. The number of nitrogens with one attached hydrogen (secondary N) is 1. The van der Waals surface area contributed by atoms with Gasteiger partial charge >= 0.3 is 0 Å². The summed E-state index contributed by atoms with van der Waals surface area (Å²) in [5.74, 6) is -0.743. The fourth-order valence-electron chi connectivity index (χ4n) is 5.13. The van der Waals surface area contributed by atoms with Crippen molar-refractivity contribution in [1.29, 1.82) is 0 Å². The van der Waals surface area contributed by atoms with E-state index in [1.807, 2.05) is 25.1 Å². The van der Waals surface area contributed by atoms with Gasteiger partial charge < -0.3 is 10.2 Å². The maximum absolute atomic E-state index is 14.1. The molecule has 9 heteroatoms. The van der Waals surface area contributed by atoms with Crippen LogP contribution in [0.4, 0.5) is 5.69 Å². The van der Waals surface area contributed by atoms with Gasteiger partial charge in [-0.3, -0.25) is 13.9 Å². The topological polar surface area (TPSA) is 86.8 Å². The zero-order valence-corrected chi connectivity index (χ0v) is 25.2. The molecule has 1 unspecified atom stereocenters. The highest BCUT2D eigenvalue weighted by molar-refractivity contribution is 7.92. The summed E-state index contributed by atoms with van der Waals surface area (Å²) < 4.78 is 28.9. The predicted octanol–water partition coefficient (Wildman–Crippen LogP) is 5.96. The SMILES string of the molecule is CCc1ccc(N(CC(=O)N(Cc2cccc(Cl)c2)C(C)C(=O)NC2CCCCC2)S(=O)(=O)c2ccccc2)cc1. The van der Waals surface area contributed by atoms with E-state index in [0.29, 0.717) is 10.7 Å². The van der Waals surface area contributed by atoms with Crippen molar-refractivity contribution in [2.75, 3.05) is 10.8 Å². The van der Waals surface area contributed by atoms with Crippen LogP contribution >= 0.6 is 11.6 Å². The first-order chi connectivity index (χ1) is 19.7. The van der Waals surface area contributed by atoms with Crippen molar-refractivity contribution in [3.8, 4) is 0 Å². The molecule has 0 saturated heterocycles. The van der Waals surface area contributed by atoms with Gasteiger partial charge in [0.05, 0.1) is 10.6 Å². The number of aryl methyl sites for hydroxylation is 1. The van der Waals surface area contributed by atoms with Crippen LogP contribution in [-0.2, 0) is 32.6 Å². The quantitative estimate of drug-likeness (QED) is 0.296. The Labute approximate surface area is 248 Å². The van der Waals surface area contributed by atoms with Gasteiger partial charge in [0, 0.05) is 17.6 Å². The number of benzene rings is 3. The molecule has 0 heterocycles. The lowest BCUT2D eigenvalue weighted by atomic mass is 9.95. The molecule has 1 fully saturated rings. The van der Waals surface area contributed by atoms with E-state index in [4.69, 9.17) is 11.6 Å². The minimum Gasteiger partial charge on any atom is -0.352 e. The summed E-state index contributed by atoms with van der Waals surface area (Å²) in [6.45, 7) is 3.34. The Morgan fingerprint density at radius 3 is 2.24 bits per heavy atom. The molecule has 0 spiro atoms. The molecule has 1 N–H and O–H groups in total. The Hall–Kier alpha value is -3.36. The third-order valence-electron chi connectivity index (χ3n) is 7.60. The summed E-state index contributed by atoms with van der Waals surface area (Å²) in [6, 6.07) is 21.6. The zero-order valence-electron chi connectivity index (χ0n) is 23.6. The Morgan fingerprint density at radius 1 is 0.927 bits per heavy atom. The summed E-state index contributed by atoms with van der Waals surface area (Å²) >= 11 is 6.23. The van der Waals surface area contributed by atoms with E-state index in [0.717, 1.165) is 54.0 Å². The maximum Gasteiger partial charge on any atom is 0.264 e. The molecule has 218 valence electrons. The summed E-state index contributed by atoms with van der Waals surface area (Å²) in [4.78, 5) is 29.0. The molecular formula is C32H38ClN3O4S. The van der Waals surface area contributed by atoms with Crippen molar-refractivity contribution < 1.29 is 18.0 Å². The minimum absolute atomic E-state index is 0.0776. The fourth-order valence-corrected chi connectivity index (χ4v) is 6.78. The van der Waals surface area contributed by atoms with Crippen molar-refractivity contribution in [2.45, 2.75) is 75.9 Å². The van der Waals surface area contributed by atoms with Gasteiger partial charge in [0.15, 0.2) is 0 Å². The Bertz CT molecular complexity index is 1420. The molecule has 0 aliphatic heterocycles. The number of amides is 2. The summed E-state index contributed by atoms with van der Waals surface area (Å²) in [7, 11) is -4.09. The molecule has 2 amide bonds. The lowest BCUT2D eigenvalue weighted by molar-refractivity contribution is -0.139. The first-order valence-corrected chi connectivity index (χ1v) is 16.0. The Balaban J connectivity index is 1.67. The van der Waals surface area contributed by atoms with Crippen LogP contribution < -0.4 is 9.62 Å². The average molecular weight is 596 g/mol. The molecule has 0 bridgehead atoms. The van der Waals surface area contributed by atoms with E-state index in [2.05, 4.69) is 5.32 Å². The first-order valence-electron chi connectivity index (χ1n) is 14.2. The predicted molar refractivity (Wildman–Crippen MR) is 163 cm³/mol. The van der Waals surface area contributed by atoms with E-state index >= 15 is 0 Å². The molecule has 3 aromatic rings. The fraction of sp³-hybridized carbons (Fsp3) is 0.375. The van der Waals surface area contributed by atoms with Crippen LogP contribution in [0.3, 0.4) is 0 Å². The molecule has 1 aliphatic rings. The molecule has 1 atom stereocenters. The van der Waals surface area contributed by atoms with Crippen LogP contribution in [0.2, 0.25) is 5.02 Å². The largest absolute Gasteiger partial charge is 0.352 e. The molecular weight excluding hydrogens is 558 g/mol. The van der Waals surface area contributed by atoms with E-state index in [1.54, 1.807) is 55.5 Å². The van der Waals surface area contributed by atoms with Gasteiger partial charge in [-0.05, 0) is 73.7 Å². The minimum atomic E-state index is -4.09. The highest BCUT2D eigenvalue weighted by Gasteiger charge is 2.33. The first kappa shape index (κ1) is 30.6. The number of carbonyl (C=O) groups excluding carboxylic acids is 2. The van der Waals surface area contributed by atoms with Gasteiger partial charge in [0.25, 0.3) is 10.0 Å². The van der Waals surface area contributed by atoms with Crippen LogP contribution in [0.1, 0.15) is 57.1 Å². The third kappa shape index (κ3) is 7.89. The van der Waals surface area contributed by atoms with Crippen LogP contribution in [0.15, 0.2) is 83.8 Å². The van der Waals surface area contributed by atoms with Crippen molar-refractivity contribution >= 4 is 39.1 Å². The maximum atomic E-state index is 14.1. The number of nitrogens with zero attached hydrogens (tertiary/aromatic N) is 2. The molecule has 4 rings (SSSR count). The molecule has 7 nitrogen and oxygen atoms in total. The second-order valence-electron chi connectivity index (χ2n) is 10.5. The van der Waals surface area contributed by atoms with E-state index in [9.17, 15) is 18.0 Å². The average Bonchev–Trinajstić information content (AvgIpc) is 2.99.